The molecular weight excluding hydrogens is 264 g/mol. The smallest absolute Gasteiger partial charge is 0.115 e. The first-order chi connectivity index (χ1) is 9.75. The molecule has 0 saturated carbocycles. The Labute approximate surface area is 122 Å². The standard InChI is InChI=1S/C17H16N2S/c1-12-16(14-10-6-3-7-11-14)19-17(20-12)15(18)13-8-4-2-5-9-13/h2-11,15H,18H2,1H3. The van der Waals surface area contributed by atoms with Gasteiger partial charge in [0.05, 0.1) is 11.7 Å². The Balaban J connectivity index is 1.97. The topological polar surface area (TPSA) is 38.9 Å². The second kappa shape index (κ2) is 5.57. The van der Waals surface area contributed by atoms with Crippen LogP contribution in [-0.4, -0.2) is 4.98 Å². The van der Waals surface area contributed by atoms with Crippen LogP contribution in [0.4, 0.5) is 0 Å². The van der Waals surface area contributed by atoms with Gasteiger partial charge in [0.15, 0.2) is 0 Å². The third-order valence-corrected chi connectivity index (χ3v) is 4.34. The predicted molar refractivity (Wildman–Crippen MR) is 84.8 cm³/mol. The van der Waals surface area contributed by atoms with Crippen molar-refractivity contribution >= 4 is 11.3 Å². The van der Waals surface area contributed by atoms with Crippen molar-refractivity contribution in [2.24, 2.45) is 5.73 Å². The zero-order valence-electron chi connectivity index (χ0n) is 11.3. The molecule has 1 atom stereocenters. The average Bonchev–Trinajstić information content (AvgIpc) is 2.90. The van der Waals surface area contributed by atoms with E-state index in [1.807, 2.05) is 48.5 Å². The number of thiazole rings is 1. The molecule has 2 N–H and O–H groups in total. The van der Waals surface area contributed by atoms with Crippen LogP contribution in [0.2, 0.25) is 0 Å². The molecule has 0 radical (unpaired) electrons. The Kier molecular flexibility index (Phi) is 3.63. The molecule has 0 saturated heterocycles. The van der Waals surface area contributed by atoms with Crippen LogP contribution in [-0.2, 0) is 0 Å². The maximum atomic E-state index is 6.32. The van der Waals surface area contributed by atoms with E-state index in [0.717, 1.165) is 21.8 Å². The molecule has 1 unspecified atom stereocenters. The fourth-order valence-electron chi connectivity index (χ4n) is 2.22. The summed E-state index contributed by atoms with van der Waals surface area (Å²) in [6.45, 7) is 2.10. The lowest BCUT2D eigenvalue weighted by Gasteiger charge is -2.08. The Morgan fingerprint density at radius 3 is 2.20 bits per heavy atom. The first kappa shape index (κ1) is 13.0. The number of aromatic nitrogens is 1. The highest BCUT2D eigenvalue weighted by molar-refractivity contribution is 7.12. The van der Waals surface area contributed by atoms with E-state index >= 15 is 0 Å². The molecule has 0 bridgehead atoms. The number of benzene rings is 2. The first-order valence-corrected chi connectivity index (χ1v) is 7.40. The molecule has 0 aliphatic rings. The molecule has 20 heavy (non-hydrogen) atoms. The predicted octanol–water partition coefficient (Wildman–Crippen LogP) is 4.17. The van der Waals surface area contributed by atoms with Crippen LogP contribution in [0, 0.1) is 6.92 Å². The van der Waals surface area contributed by atoms with Crippen molar-refractivity contribution in [1.29, 1.82) is 0 Å². The second-order valence-corrected chi connectivity index (χ2v) is 5.95. The molecule has 3 heteroatoms. The average molecular weight is 280 g/mol. The summed E-state index contributed by atoms with van der Waals surface area (Å²) < 4.78 is 0. The van der Waals surface area contributed by atoms with Gasteiger partial charge in [0, 0.05) is 10.4 Å². The largest absolute Gasteiger partial charge is 0.318 e. The molecule has 2 aromatic carbocycles. The van der Waals surface area contributed by atoms with E-state index in [1.165, 1.54) is 4.88 Å². The van der Waals surface area contributed by atoms with Crippen LogP contribution in [0.25, 0.3) is 11.3 Å². The van der Waals surface area contributed by atoms with E-state index in [-0.39, 0.29) is 6.04 Å². The number of nitrogens with zero attached hydrogens (tertiary/aromatic N) is 1. The lowest BCUT2D eigenvalue weighted by atomic mass is 10.1. The van der Waals surface area contributed by atoms with Gasteiger partial charge in [-0.25, -0.2) is 4.98 Å². The Morgan fingerprint density at radius 1 is 0.950 bits per heavy atom. The van der Waals surface area contributed by atoms with E-state index in [2.05, 4.69) is 19.1 Å². The number of hydrogen-bond acceptors (Lipinski definition) is 3. The molecule has 0 spiro atoms. The molecule has 100 valence electrons. The van der Waals surface area contributed by atoms with Gasteiger partial charge in [-0.1, -0.05) is 60.7 Å². The summed E-state index contributed by atoms with van der Waals surface area (Å²) in [4.78, 5) is 5.96. The van der Waals surface area contributed by atoms with Crippen LogP contribution in [0.3, 0.4) is 0 Å². The van der Waals surface area contributed by atoms with Crippen LogP contribution in [0.1, 0.15) is 21.5 Å². The fourth-order valence-corrected chi connectivity index (χ4v) is 3.19. The van der Waals surface area contributed by atoms with Gasteiger partial charge < -0.3 is 5.73 Å². The number of nitrogens with two attached hydrogens (primary N) is 1. The summed E-state index contributed by atoms with van der Waals surface area (Å²) in [6.07, 6.45) is 0. The van der Waals surface area contributed by atoms with Gasteiger partial charge in [-0.3, -0.25) is 0 Å². The highest BCUT2D eigenvalue weighted by atomic mass is 32.1. The molecule has 0 aliphatic carbocycles. The summed E-state index contributed by atoms with van der Waals surface area (Å²) >= 11 is 1.68. The van der Waals surface area contributed by atoms with Gasteiger partial charge in [0.25, 0.3) is 0 Å². The van der Waals surface area contributed by atoms with Crippen molar-refractivity contribution in [3.05, 3.63) is 76.1 Å². The maximum Gasteiger partial charge on any atom is 0.115 e. The van der Waals surface area contributed by atoms with E-state index in [9.17, 15) is 0 Å². The minimum Gasteiger partial charge on any atom is -0.318 e. The zero-order valence-corrected chi connectivity index (χ0v) is 12.1. The fraction of sp³-hybridized carbons (Fsp3) is 0.118. The van der Waals surface area contributed by atoms with E-state index < -0.39 is 0 Å². The normalized spacial score (nSPS) is 12.3. The van der Waals surface area contributed by atoms with Crippen molar-refractivity contribution in [3.63, 3.8) is 0 Å². The minimum absolute atomic E-state index is 0.155. The van der Waals surface area contributed by atoms with Gasteiger partial charge >= 0.3 is 0 Å². The molecule has 3 rings (SSSR count). The Morgan fingerprint density at radius 2 is 1.55 bits per heavy atom. The first-order valence-electron chi connectivity index (χ1n) is 6.59. The molecule has 0 fully saturated rings. The van der Waals surface area contributed by atoms with E-state index in [1.54, 1.807) is 11.3 Å². The Bertz CT molecular complexity index is 690. The lowest BCUT2D eigenvalue weighted by molar-refractivity contribution is 0.859. The van der Waals surface area contributed by atoms with Crippen molar-refractivity contribution < 1.29 is 0 Å². The lowest BCUT2D eigenvalue weighted by Crippen LogP contribution is -2.11. The summed E-state index contributed by atoms with van der Waals surface area (Å²) in [6, 6.07) is 20.2. The van der Waals surface area contributed by atoms with E-state index in [0.29, 0.717) is 0 Å². The number of rotatable bonds is 3. The molecular formula is C17H16N2S. The number of aryl methyl sites for hydroxylation is 1. The van der Waals surface area contributed by atoms with E-state index in [4.69, 9.17) is 10.7 Å². The monoisotopic (exact) mass is 280 g/mol. The minimum atomic E-state index is -0.155. The highest BCUT2D eigenvalue weighted by Gasteiger charge is 2.16. The maximum absolute atomic E-state index is 6.32. The van der Waals surface area contributed by atoms with Crippen molar-refractivity contribution in [1.82, 2.24) is 4.98 Å². The van der Waals surface area contributed by atoms with Crippen LogP contribution in [0.5, 0.6) is 0 Å². The second-order valence-electron chi connectivity index (χ2n) is 4.71. The molecule has 1 heterocycles. The van der Waals surface area contributed by atoms with Crippen molar-refractivity contribution in [2.45, 2.75) is 13.0 Å². The van der Waals surface area contributed by atoms with Crippen molar-refractivity contribution in [2.75, 3.05) is 0 Å². The van der Waals surface area contributed by atoms with Gasteiger partial charge in [0.2, 0.25) is 0 Å². The van der Waals surface area contributed by atoms with Crippen LogP contribution >= 0.6 is 11.3 Å². The van der Waals surface area contributed by atoms with Crippen LogP contribution < -0.4 is 5.73 Å². The molecule has 0 amide bonds. The molecule has 0 aliphatic heterocycles. The third-order valence-electron chi connectivity index (χ3n) is 3.29. The molecule has 1 aromatic heterocycles. The van der Waals surface area contributed by atoms with Gasteiger partial charge in [-0.2, -0.15) is 0 Å². The quantitative estimate of drug-likeness (QED) is 0.782. The SMILES string of the molecule is Cc1sc(C(N)c2ccccc2)nc1-c1ccccc1. The van der Waals surface area contributed by atoms with Gasteiger partial charge in [0.1, 0.15) is 5.01 Å². The van der Waals surface area contributed by atoms with Gasteiger partial charge in [-0.05, 0) is 12.5 Å². The van der Waals surface area contributed by atoms with Crippen molar-refractivity contribution in [3.8, 4) is 11.3 Å². The number of hydrogen-bond donors (Lipinski definition) is 1. The highest BCUT2D eigenvalue weighted by Crippen LogP contribution is 2.31. The molecule has 2 nitrogen and oxygen atoms in total. The summed E-state index contributed by atoms with van der Waals surface area (Å²) in [7, 11) is 0. The summed E-state index contributed by atoms with van der Waals surface area (Å²) in [5.74, 6) is 0. The molecule has 3 aromatic rings. The third kappa shape index (κ3) is 2.50. The summed E-state index contributed by atoms with van der Waals surface area (Å²) in [5, 5.41) is 0.965. The summed E-state index contributed by atoms with van der Waals surface area (Å²) in [5.41, 5.74) is 9.61. The zero-order chi connectivity index (χ0) is 13.9. The van der Waals surface area contributed by atoms with Crippen LogP contribution in [0.15, 0.2) is 60.7 Å². The van der Waals surface area contributed by atoms with Gasteiger partial charge in [-0.15, -0.1) is 11.3 Å². The Hall–Kier alpha value is -1.97.